The maximum atomic E-state index is 9.67. The molecule has 2 aliphatic rings. The molecule has 0 bridgehead atoms. The Hall–Kier alpha value is -2.75. The molecule has 5 rings (SSSR count). The van der Waals surface area contributed by atoms with E-state index in [1.165, 1.54) is 19.3 Å². The summed E-state index contributed by atoms with van der Waals surface area (Å²) in [5.74, 6) is 1.50. The number of halogens is 3. The molecule has 0 spiro atoms. The number of pyridine rings is 1. The monoisotopic (exact) mass is 448 g/mol. The van der Waals surface area contributed by atoms with Crippen LogP contribution < -0.4 is 4.90 Å². The number of alkyl halides is 3. The normalized spacial score (nSPS) is 19.1. The second-order valence-electron chi connectivity index (χ2n) is 8.26. The van der Waals surface area contributed by atoms with Gasteiger partial charge in [-0.05, 0) is 26.7 Å². The number of rotatable bonds is 3. The van der Waals surface area contributed by atoms with Crippen LogP contribution in [-0.4, -0.2) is 51.1 Å². The smallest absolute Gasteiger partial charge is 0.370 e. The largest absolute Gasteiger partial charge is 0.379 e. The second-order valence-corrected chi connectivity index (χ2v) is 8.26. The molecule has 2 fully saturated rings. The lowest BCUT2D eigenvalue weighted by Gasteiger charge is -2.34. The number of fused-ring (bicyclic) bond motifs is 1. The van der Waals surface area contributed by atoms with Gasteiger partial charge in [-0.15, -0.1) is 0 Å². The van der Waals surface area contributed by atoms with E-state index in [4.69, 9.17) is 19.7 Å². The zero-order chi connectivity index (χ0) is 22.8. The van der Waals surface area contributed by atoms with Gasteiger partial charge in [0.25, 0.3) is 0 Å². The predicted octanol–water partition coefficient (Wildman–Crippen LogP) is 4.40. The standard InChI is InChI=1S/C21H26N6O.CHF3/c1-13-14(2)24-21-17(23-13)9-19(25-20(21)15-5-4-6-15)27-7-8-28-18(12-27)16-10-22-26(3)11-16;2-1(3)4/h9-11,15,18H,4-8,12H2,1-3H3;1H/t18-;/m0./s1. The molecule has 0 aromatic carbocycles. The molecule has 3 aromatic heterocycles. The minimum atomic E-state index is -3.67. The van der Waals surface area contributed by atoms with Crippen molar-refractivity contribution in [2.45, 2.75) is 51.8 Å². The molecule has 3 aromatic rings. The van der Waals surface area contributed by atoms with Gasteiger partial charge in [0.2, 0.25) is 0 Å². The van der Waals surface area contributed by atoms with Crippen molar-refractivity contribution >= 4 is 16.9 Å². The third-order valence-electron chi connectivity index (χ3n) is 6.06. The highest BCUT2D eigenvalue weighted by Gasteiger charge is 2.28. The molecule has 0 unspecified atom stereocenters. The van der Waals surface area contributed by atoms with Crippen molar-refractivity contribution in [1.29, 1.82) is 0 Å². The Kier molecular flexibility index (Phi) is 6.59. The number of aromatic nitrogens is 5. The van der Waals surface area contributed by atoms with Gasteiger partial charge in [0.15, 0.2) is 0 Å². The molecule has 10 heteroatoms. The summed E-state index contributed by atoms with van der Waals surface area (Å²) in [6.07, 6.45) is 7.59. The average Bonchev–Trinajstić information content (AvgIpc) is 3.14. The summed E-state index contributed by atoms with van der Waals surface area (Å²) in [5, 5.41) is 4.29. The average molecular weight is 448 g/mol. The quantitative estimate of drug-likeness (QED) is 0.592. The Morgan fingerprint density at radius 2 is 1.81 bits per heavy atom. The molecule has 7 nitrogen and oxygen atoms in total. The number of aryl methyl sites for hydroxylation is 3. The lowest BCUT2D eigenvalue weighted by Crippen LogP contribution is -2.39. The molecule has 1 atom stereocenters. The van der Waals surface area contributed by atoms with Crippen LogP contribution in [0, 0.1) is 13.8 Å². The van der Waals surface area contributed by atoms with Crippen LogP contribution in [0.5, 0.6) is 0 Å². The van der Waals surface area contributed by atoms with Crippen LogP contribution in [0.1, 0.15) is 53.9 Å². The van der Waals surface area contributed by atoms with Crippen molar-refractivity contribution in [2.24, 2.45) is 7.05 Å². The zero-order valence-electron chi connectivity index (χ0n) is 18.4. The number of nitrogens with zero attached hydrogens (tertiary/aromatic N) is 6. The van der Waals surface area contributed by atoms with Crippen LogP contribution in [-0.2, 0) is 11.8 Å². The van der Waals surface area contributed by atoms with E-state index < -0.39 is 6.68 Å². The molecule has 32 heavy (non-hydrogen) atoms. The number of hydrogen-bond acceptors (Lipinski definition) is 6. The van der Waals surface area contributed by atoms with Crippen molar-refractivity contribution in [3.63, 3.8) is 0 Å². The van der Waals surface area contributed by atoms with E-state index in [1.807, 2.05) is 38.0 Å². The molecular weight excluding hydrogens is 421 g/mol. The minimum absolute atomic E-state index is 0.0120. The van der Waals surface area contributed by atoms with E-state index in [2.05, 4.69) is 16.1 Å². The van der Waals surface area contributed by atoms with Crippen molar-refractivity contribution in [3.8, 4) is 0 Å². The maximum Gasteiger partial charge on any atom is 0.379 e. The van der Waals surface area contributed by atoms with Crippen LogP contribution >= 0.6 is 0 Å². The van der Waals surface area contributed by atoms with Crippen LogP contribution in [0.3, 0.4) is 0 Å². The summed E-state index contributed by atoms with van der Waals surface area (Å²) < 4.78 is 36.8. The van der Waals surface area contributed by atoms with Crippen LogP contribution in [0.25, 0.3) is 11.0 Å². The molecule has 1 aliphatic carbocycles. The first-order valence-electron chi connectivity index (χ1n) is 10.7. The highest BCUT2D eigenvalue weighted by molar-refractivity contribution is 5.80. The van der Waals surface area contributed by atoms with Crippen molar-refractivity contribution in [3.05, 3.63) is 41.1 Å². The number of ether oxygens (including phenoxy) is 1. The third-order valence-corrected chi connectivity index (χ3v) is 6.06. The Labute approximate surface area is 184 Å². The van der Waals surface area contributed by atoms with Crippen molar-refractivity contribution in [2.75, 3.05) is 24.6 Å². The van der Waals surface area contributed by atoms with Gasteiger partial charge >= 0.3 is 6.68 Å². The fourth-order valence-electron chi connectivity index (χ4n) is 4.03. The molecule has 0 N–H and O–H groups in total. The summed E-state index contributed by atoms with van der Waals surface area (Å²) in [6, 6.07) is 2.10. The summed E-state index contributed by atoms with van der Waals surface area (Å²) in [7, 11) is 1.93. The van der Waals surface area contributed by atoms with Gasteiger partial charge in [0, 0.05) is 43.9 Å². The molecule has 1 aliphatic heterocycles. The topological polar surface area (TPSA) is 69.0 Å². The summed E-state index contributed by atoms with van der Waals surface area (Å²) >= 11 is 0. The summed E-state index contributed by atoms with van der Waals surface area (Å²) in [5.41, 5.74) is 6.15. The number of anilines is 1. The van der Waals surface area contributed by atoms with Gasteiger partial charge in [-0.25, -0.2) is 15.0 Å². The Morgan fingerprint density at radius 3 is 2.44 bits per heavy atom. The lowest BCUT2D eigenvalue weighted by atomic mass is 9.82. The van der Waals surface area contributed by atoms with Crippen LogP contribution in [0.2, 0.25) is 0 Å². The van der Waals surface area contributed by atoms with E-state index >= 15 is 0 Å². The van der Waals surface area contributed by atoms with Crippen molar-refractivity contribution < 1.29 is 17.9 Å². The van der Waals surface area contributed by atoms with Crippen LogP contribution in [0.4, 0.5) is 19.0 Å². The van der Waals surface area contributed by atoms with Gasteiger partial charge in [0.05, 0.1) is 35.4 Å². The van der Waals surface area contributed by atoms with E-state index in [9.17, 15) is 13.2 Å². The minimum Gasteiger partial charge on any atom is -0.370 e. The van der Waals surface area contributed by atoms with E-state index in [0.29, 0.717) is 12.5 Å². The molecule has 0 radical (unpaired) electrons. The number of hydrogen-bond donors (Lipinski definition) is 0. The Balaban J connectivity index is 0.000000567. The number of morpholine rings is 1. The predicted molar refractivity (Wildman–Crippen MR) is 115 cm³/mol. The van der Waals surface area contributed by atoms with Gasteiger partial charge < -0.3 is 9.64 Å². The lowest BCUT2D eigenvalue weighted by molar-refractivity contribution is 0.00819. The summed E-state index contributed by atoms with van der Waals surface area (Å²) in [4.78, 5) is 17.1. The third kappa shape index (κ3) is 4.85. The first kappa shape index (κ1) is 22.4. The highest BCUT2D eigenvalue weighted by atomic mass is 19.4. The van der Waals surface area contributed by atoms with Crippen LogP contribution in [0.15, 0.2) is 18.5 Å². The molecule has 4 heterocycles. The maximum absolute atomic E-state index is 9.67. The fraction of sp³-hybridized carbons (Fsp3) is 0.545. The fourth-order valence-corrected chi connectivity index (χ4v) is 4.03. The van der Waals surface area contributed by atoms with E-state index in [1.54, 1.807) is 0 Å². The van der Waals surface area contributed by atoms with Gasteiger partial charge in [-0.2, -0.15) is 18.3 Å². The molecule has 1 saturated carbocycles. The van der Waals surface area contributed by atoms with Gasteiger partial charge in [0.1, 0.15) is 17.4 Å². The zero-order valence-corrected chi connectivity index (χ0v) is 18.4. The van der Waals surface area contributed by atoms with Crippen molar-refractivity contribution in [1.82, 2.24) is 24.7 Å². The molecule has 172 valence electrons. The highest BCUT2D eigenvalue weighted by Crippen LogP contribution is 2.39. The first-order chi connectivity index (χ1) is 15.3. The Bertz CT molecular complexity index is 1080. The van der Waals surface area contributed by atoms with Gasteiger partial charge in [-0.3, -0.25) is 4.68 Å². The van der Waals surface area contributed by atoms with E-state index in [0.717, 1.165) is 52.6 Å². The first-order valence-corrected chi connectivity index (χ1v) is 10.7. The second kappa shape index (κ2) is 9.40. The molecule has 0 amide bonds. The van der Waals surface area contributed by atoms with E-state index in [-0.39, 0.29) is 6.10 Å². The Morgan fingerprint density at radius 1 is 1.09 bits per heavy atom. The SMILES string of the molecule is Cc1nc2cc(N3CCO[C@H](c4cnn(C)c4)C3)nc(C3CCC3)c2nc1C.FC(F)F. The molecule has 1 saturated heterocycles. The van der Waals surface area contributed by atoms with Gasteiger partial charge in [-0.1, -0.05) is 6.42 Å². The molecular formula is C22H27F3N6O. The summed E-state index contributed by atoms with van der Waals surface area (Å²) in [6.45, 7) is 2.67.